The molecular formula is C17H20N4O. The fourth-order valence-corrected chi connectivity index (χ4v) is 3.47. The van der Waals surface area contributed by atoms with Crippen LogP contribution in [0.15, 0.2) is 35.6 Å². The fourth-order valence-electron chi connectivity index (χ4n) is 3.47. The topological polar surface area (TPSA) is 65.4 Å². The van der Waals surface area contributed by atoms with E-state index in [0.717, 1.165) is 25.8 Å². The second-order valence-corrected chi connectivity index (χ2v) is 6.29. The van der Waals surface area contributed by atoms with E-state index in [4.69, 9.17) is 10.5 Å². The summed E-state index contributed by atoms with van der Waals surface area (Å²) in [5, 5.41) is 4.42. The summed E-state index contributed by atoms with van der Waals surface area (Å²) in [6.07, 6.45) is 6.97. The Morgan fingerprint density at radius 2 is 2.14 bits per heavy atom. The van der Waals surface area contributed by atoms with Crippen molar-refractivity contribution in [3.63, 3.8) is 0 Å². The van der Waals surface area contributed by atoms with E-state index >= 15 is 0 Å². The minimum Gasteiger partial charge on any atom is -0.463 e. The van der Waals surface area contributed by atoms with Gasteiger partial charge >= 0.3 is 0 Å². The Labute approximate surface area is 129 Å². The number of benzene rings is 1. The molecule has 0 saturated heterocycles. The minimum absolute atomic E-state index is 0.169. The Morgan fingerprint density at radius 3 is 2.91 bits per heavy atom. The lowest BCUT2D eigenvalue weighted by Gasteiger charge is -2.15. The van der Waals surface area contributed by atoms with Gasteiger partial charge in [0.2, 0.25) is 0 Å². The molecule has 2 aromatic rings. The van der Waals surface area contributed by atoms with E-state index in [1.165, 1.54) is 22.3 Å². The van der Waals surface area contributed by atoms with Crippen molar-refractivity contribution in [2.75, 3.05) is 6.61 Å². The van der Waals surface area contributed by atoms with Gasteiger partial charge < -0.3 is 10.5 Å². The molecule has 1 aromatic heterocycles. The number of nitrogens with two attached hydrogens (primary N) is 1. The van der Waals surface area contributed by atoms with E-state index in [9.17, 15) is 0 Å². The molecule has 2 heterocycles. The smallest absolute Gasteiger partial charge is 0.282 e. The number of ether oxygens (including phenoxy) is 1. The molecule has 4 rings (SSSR count). The van der Waals surface area contributed by atoms with Crippen LogP contribution in [0.5, 0.6) is 0 Å². The number of fused-ring (bicyclic) bond motifs is 1. The molecule has 0 saturated carbocycles. The van der Waals surface area contributed by atoms with Crippen LogP contribution in [-0.4, -0.2) is 27.9 Å². The van der Waals surface area contributed by atoms with Gasteiger partial charge in [-0.15, -0.1) is 0 Å². The maximum Gasteiger partial charge on any atom is 0.282 e. The molecule has 2 aliphatic rings. The third kappa shape index (κ3) is 2.17. The Morgan fingerprint density at radius 1 is 1.27 bits per heavy atom. The van der Waals surface area contributed by atoms with Gasteiger partial charge in [-0.2, -0.15) is 5.10 Å². The predicted molar refractivity (Wildman–Crippen MR) is 85.7 cm³/mol. The number of aryl methyl sites for hydroxylation is 1. The van der Waals surface area contributed by atoms with Gasteiger partial charge in [0.15, 0.2) is 0 Å². The van der Waals surface area contributed by atoms with E-state index in [1.54, 1.807) is 0 Å². The molecule has 1 aliphatic carbocycles. The van der Waals surface area contributed by atoms with E-state index < -0.39 is 0 Å². The highest BCUT2D eigenvalue weighted by molar-refractivity contribution is 5.74. The highest BCUT2D eigenvalue weighted by atomic mass is 16.5. The van der Waals surface area contributed by atoms with Crippen LogP contribution in [0.4, 0.5) is 0 Å². The quantitative estimate of drug-likeness (QED) is 0.943. The summed E-state index contributed by atoms with van der Waals surface area (Å²) >= 11 is 0. The Kier molecular flexibility index (Phi) is 2.96. The zero-order chi connectivity index (χ0) is 15.2. The third-order valence-electron chi connectivity index (χ3n) is 4.50. The zero-order valence-electron chi connectivity index (χ0n) is 12.7. The van der Waals surface area contributed by atoms with Crippen LogP contribution in [0.2, 0.25) is 0 Å². The van der Waals surface area contributed by atoms with Crippen LogP contribution < -0.4 is 5.73 Å². The van der Waals surface area contributed by atoms with Gasteiger partial charge in [0.1, 0.15) is 12.1 Å². The molecule has 1 atom stereocenters. The molecular weight excluding hydrogens is 276 g/mol. The molecule has 22 heavy (non-hydrogen) atoms. The Bertz CT molecular complexity index is 749. The summed E-state index contributed by atoms with van der Waals surface area (Å²) in [6.45, 7) is 3.71. The maximum atomic E-state index is 5.69. The monoisotopic (exact) mass is 296 g/mol. The molecule has 5 heteroatoms. The highest BCUT2D eigenvalue weighted by Crippen LogP contribution is 2.37. The van der Waals surface area contributed by atoms with Crippen molar-refractivity contribution in [1.82, 2.24) is 9.78 Å². The van der Waals surface area contributed by atoms with Crippen molar-refractivity contribution in [1.29, 1.82) is 0 Å². The van der Waals surface area contributed by atoms with Crippen LogP contribution >= 0.6 is 0 Å². The van der Waals surface area contributed by atoms with Gasteiger partial charge in [0.05, 0.1) is 6.20 Å². The van der Waals surface area contributed by atoms with Crippen LogP contribution in [0.1, 0.15) is 24.5 Å². The summed E-state index contributed by atoms with van der Waals surface area (Å²) in [5.74, 6) is 0. The zero-order valence-corrected chi connectivity index (χ0v) is 12.7. The van der Waals surface area contributed by atoms with Gasteiger partial charge in [-0.25, -0.2) is 4.99 Å². The highest BCUT2D eigenvalue weighted by Gasteiger charge is 2.41. The number of hydrogen-bond acceptors (Lipinski definition) is 4. The molecule has 0 radical (unpaired) electrons. The van der Waals surface area contributed by atoms with E-state index in [2.05, 4.69) is 41.4 Å². The molecule has 0 bridgehead atoms. The van der Waals surface area contributed by atoms with E-state index in [1.807, 2.05) is 10.9 Å². The van der Waals surface area contributed by atoms with Crippen molar-refractivity contribution < 1.29 is 4.74 Å². The summed E-state index contributed by atoms with van der Waals surface area (Å²) in [4.78, 5) is 4.52. The number of aromatic nitrogens is 2. The summed E-state index contributed by atoms with van der Waals surface area (Å²) < 4.78 is 7.38. The largest absolute Gasteiger partial charge is 0.463 e. The fraction of sp³-hybridized carbons (Fsp3) is 0.412. The van der Waals surface area contributed by atoms with Gasteiger partial charge in [-0.1, -0.05) is 25.1 Å². The van der Waals surface area contributed by atoms with Crippen molar-refractivity contribution >= 4 is 6.02 Å². The normalized spacial score (nSPS) is 22.7. The molecule has 1 spiro atoms. The van der Waals surface area contributed by atoms with Crippen LogP contribution in [0, 0.1) is 0 Å². The number of aliphatic imine (C=N–C) groups is 1. The third-order valence-corrected chi connectivity index (χ3v) is 4.50. The first-order chi connectivity index (χ1) is 10.7. The van der Waals surface area contributed by atoms with Crippen molar-refractivity contribution in [3.8, 4) is 11.1 Å². The molecule has 2 N–H and O–H groups in total. The van der Waals surface area contributed by atoms with E-state index in [-0.39, 0.29) is 5.54 Å². The summed E-state index contributed by atoms with van der Waals surface area (Å²) in [6, 6.07) is 6.98. The number of hydrogen-bond donors (Lipinski definition) is 1. The van der Waals surface area contributed by atoms with Gasteiger partial charge in [0.25, 0.3) is 6.02 Å². The van der Waals surface area contributed by atoms with Gasteiger partial charge in [-0.3, -0.25) is 4.68 Å². The SMILES string of the molecule is CCCn1cc(-c2ccc3c(c2)CC2(COC(N)=N2)C3)cn1. The second kappa shape index (κ2) is 4.87. The first kappa shape index (κ1) is 13.4. The molecule has 5 nitrogen and oxygen atoms in total. The summed E-state index contributed by atoms with van der Waals surface area (Å²) in [5.41, 5.74) is 10.6. The standard InChI is InChI=1S/C17H20N4O/c1-2-5-21-10-15(9-19-21)12-3-4-13-7-17(8-14(13)6-12)11-22-16(18)20-17/h3-4,6,9-10H,2,5,7-8,11H2,1H3,(H2,18,20). The lowest BCUT2D eigenvalue weighted by Crippen LogP contribution is -2.28. The Hall–Kier alpha value is -2.30. The molecule has 1 aromatic carbocycles. The number of rotatable bonds is 3. The minimum atomic E-state index is -0.169. The molecule has 1 aliphatic heterocycles. The second-order valence-electron chi connectivity index (χ2n) is 6.29. The average Bonchev–Trinajstić information content (AvgIpc) is 3.18. The van der Waals surface area contributed by atoms with Crippen molar-refractivity contribution in [3.05, 3.63) is 41.7 Å². The number of nitrogens with zero attached hydrogens (tertiary/aromatic N) is 3. The lowest BCUT2D eigenvalue weighted by molar-refractivity contribution is 0.258. The van der Waals surface area contributed by atoms with Crippen LogP contribution in [0.3, 0.4) is 0 Å². The molecule has 1 unspecified atom stereocenters. The first-order valence-corrected chi connectivity index (χ1v) is 7.80. The summed E-state index contributed by atoms with van der Waals surface area (Å²) in [7, 11) is 0. The maximum absolute atomic E-state index is 5.69. The Balaban J connectivity index is 1.62. The van der Waals surface area contributed by atoms with Gasteiger partial charge in [-0.05, 0) is 23.1 Å². The predicted octanol–water partition coefficient (Wildman–Crippen LogP) is 2.14. The first-order valence-electron chi connectivity index (χ1n) is 7.80. The van der Waals surface area contributed by atoms with E-state index in [0.29, 0.717) is 12.6 Å². The van der Waals surface area contributed by atoms with Crippen LogP contribution in [0.25, 0.3) is 11.1 Å². The van der Waals surface area contributed by atoms with Crippen molar-refractivity contribution in [2.24, 2.45) is 10.7 Å². The number of amidine groups is 1. The average molecular weight is 296 g/mol. The molecule has 114 valence electrons. The lowest BCUT2D eigenvalue weighted by atomic mass is 9.99. The molecule has 0 amide bonds. The van der Waals surface area contributed by atoms with Crippen LogP contribution in [-0.2, 0) is 24.1 Å². The van der Waals surface area contributed by atoms with Gasteiger partial charge in [0, 0.05) is 31.1 Å². The molecule has 0 fully saturated rings. The van der Waals surface area contributed by atoms with Crippen molar-refractivity contribution in [2.45, 2.75) is 38.3 Å².